The third-order valence-corrected chi connectivity index (χ3v) is 5.00. The van der Waals surface area contributed by atoms with E-state index < -0.39 is 0 Å². The van der Waals surface area contributed by atoms with Crippen LogP contribution in [0.25, 0.3) is 11.2 Å². The fourth-order valence-corrected chi connectivity index (χ4v) is 3.70. The van der Waals surface area contributed by atoms with Crippen molar-refractivity contribution in [3.63, 3.8) is 0 Å². The third-order valence-electron chi connectivity index (χ3n) is 4.81. The second-order valence-corrected chi connectivity index (χ2v) is 6.34. The summed E-state index contributed by atoms with van der Waals surface area (Å²) in [5.74, 6) is 1.70. The number of alkyl halides is 1. The van der Waals surface area contributed by atoms with Crippen molar-refractivity contribution in [2.24, 2.45) is 5.41 Å². The summed E-state index contributed by atoms with van der Waals surface area (Å²) in [6, 6.07) is 4.00. The number of imidazole rings is 1. The Bertz CT molecular complexity index is 584. The molecule has 0 saturated heterocycles. The molecule has 2 heterocycles. The van der Waals surface area contributed by atoms with Gasteiger partial charge in [0.2, 0.25) is 0 Å². The van der Waals surface area contributed by atoms with Crippen molar-refractivity contribution < 1.29 is 0 Å². The lowest BCUT2D eigenvalue weighted by Crippen LogP contribution is -2.24. The Hall–Kier alpha value is -1.09. The second kappa shape index (κ2) is 5.72. The third kappa shape index (κ3) is 2.44. The molecule has 1 aliphatic carbocycles. The Balaban J connectivity index is 2.02. The van der Waals surface area contributed by atoms with E-state index in [-0.39, 0.29) is 0 Å². The van der Waals surface area contributed by atoms with Crippen molar-refractivity contribution in [3.05, 3.63) is 24.2 Å². The van der Waals surface area contributed by atoms with Crippen LogP contribution in [0.3, 0.4) is 0 Å². The fourth-order valence-electron chi connectivity index (χ4n) is 3.53. The zero-order chi connectivity index (χ0) is 14.0. The molecule has 1 saturated carbocycles. The van der Waals surface area contributed by atoms with E-state index in [1.165, 1.54) is 32.1 Å². The molecule has 2 aromatic rings. The van der Waals surface area contributed by atoms with Crippen LogP contribution in [0.2, 0.25) is 0 Å². The highest BCUT2D eigenvalue weighted by Gasteiger charge is 2.33. The van der Waals surface area contributed by atoms with Gasteiger partial charge in [-0.05, 0) is 36.8 Å². The molecule has 0 bridgehead atoms. The summed E-state index contributed by atoms with van der Waals surface area (Å²) in [6.45, 7) is 3.36. The molecule has 0 aliphatic heterocycles. The van der Waals surface area contributed by atoms with E-state index in [0.29, 0.717) is 11.3 Å². The average Bonchev–Trinajstić information content (AvgIpc) is 3.07. The minimum absolute atomic E-state index is 0.437. The van der Waals surface area contributed by atoms with Crippen molar-refractivity contribution in [1.82, 2.24) is 14.5 Å². The summed E-state index contributed by atoms with van der Waals surface area (Å²) in [4.78, 5) is 9.27. The van der Waals surface area contributed by atoms with Gasteiger partial charge >= 0.3 is 0 Å². The summed E-state index contributed by atoms with van der Waals surface area (Å²) < 4.78 is 2.33. The number of hydrogen-bond acceptors (Lipinski definition) is 2. The molecule has 1 aliphatic rings. The molecule has 4 heteroatoms. The number of hydrogen-bond donors (Lipinski definition) is 0. The van der Waals surface area contributed by atoms with E-state index >= 15 is 0 Å². The van der Waals surface area contributed by atoms with Crippen molar-refractivity contribution >= 4 is 22.8 Å². The van der Waals surface area contributed by atoms with E-state index in [1.807, 2.05) is 18.3 Å². The Labute approximate surface area is 125 Å². The maximum absolute atomic E-state index is 5.95. The molecule has 0 spiro atoms. The van der Waals surface area contributed by atoms with Crippen LogP contribution < -0.4 is 0 Å². The molecule has 3 nitrogen and oxygen atoms in total. The molecular formula is C16H22ClN3. The fraction of sp³-hybridized carbons (Fsp3) is 0.625. The van der Waals surface area contributed by atoms with Gasteiger partial charge in [0.25, 0.3) is 0 Å². The Kier molecular flexibility index (Phi) is 3.97. The molecule has 0 amide bonds. The number of nitrogens with zero attached hydrogens (tertiary/aromatic N) is 3. The number of halogens is 1. The molecule has 0 radical (unpaired) electrons. The molecule has 108 valence electrons. The highest BCUT2D eigenvalue weighted by Crippen LogP contribution is 2.43. The molecule has 1 fully saturated rings. The highest BCUT2D eigenvalue weighted by molar-refractivity contribution is 6.17. The molecule has 0 aromatic carbocycles. The van der Waals surface area contributed by atoms with Gasteiger partial charge in [-0.1, -0.05) is 19.8 Å². The van der Waals surface area contributed by atoms with Crippen LogP contribution in [-0.2, 0) is 13.0 Å². The largest absolute Gasteiger partial charge is 0.312 e. The van der Waals surface area contributed by atoms with Gasteiger partial charge in [0.1, 0.15) is 11.3 Å². The zero-order valence-corrected chi connectivity index (χ0v) is 12.9. The van der Waals surface area contributed by atoms with Crippen LogP contribution in [0.15, 0.2) is 18.3 Å². The standard InChI is InChI=1S/C16H22ClN3/c1-2-16(8-3-4-9-16)12-20-14(7-10-17)19-13-6-5-11-18-15(13)20/h5-6,11H,2-4,7-10,12H2,1H3. The van der Waals surface area contributed by atoms with Crippen molar-refractivity contribution in [3.8, 4) is 0 Å². The predicted molar refractivity (Wildman–Crippen MR) is 83.1 cm³/mol. The second-order valence-electron chi connectivity index (χ2n) is 5.96. The lowest BCUT2D eigenvalue weighted by Gasteiger charge is -2.28. The molecule has 2 aromatic heterocycles. The molecule has 0 unspecified atom stereocenters. The minimum atomic E-state index is 0.437. The van der Waals surface area contributed by atoms with Gasteiger partial charge in [-0.2, -0.15) is 0 Å². The van der Waals surface area contributed by atoms with Gasteiger partial charge in [0.15, 0.2) is 5.65 Å². The molecule has 20 heavy (non-hydrogen) atoms. The number of aryl methyl sites for hydroxylation is 1. The predicted octanol–water partition coefficient (Wildman–Crippen LogP) is 4.18. The average molecular weight is 292 g/mol. The maximum atomic E-state index is 5.95. The SMILES string of the molecule is CCC1(Cn2c(CCCl)nc3cccnc32)CCCC1. The summed E-state index contributed by atoms with van der Waals surface area (Å²) in [5, 5.41) is 0. The maximum Gasteiger partial charge on any atom is 0.160 e. The normalized spacial score (nSPS) is 17.9. The summed E-state index contributed by atoms with van der Waals surface area (Å²) in [6.07, 6.45) is 9.29. The van der Waals surface area contributed by atoms with E-state index in [4.69, 9.17) is 16.6 Å². The first-order valence-electron chi connectivity index (χ1n) is 7.64. The van der Waals surface area contributed by atoms with Crippen LogP contribution in [0.4, 0.5) is 0 Å². The smallest absolute Gasteiger partial charge is 0.160 e. The van der Waals surface area contributed by atoms with Gasteiger partial charge in [-0.3, -0.25) is 0 Å². The first kappa shape index (κ1) is 13.9. The number of pyridine rings is 1. The summed E-state index contributed by atoms with van der Waals surface area (Å²) >= 11 is 5.95. The first-order chi connectivity index (χ1) is 9.78. The van der Waals surface area contributed by atoms with E-state index in [0.717, 1.165) is 30.0 Å². The number of rotatable bonds is 5. The van der Waals surface area contributed by atoms with Crippen LogP contribution in [-0.4, -0.2) is 20.4 Å². The van der Waals surface area contributed by atoms with Crippen LogP contribution >= 0.6 is 11.6 Å². The van der Waals surface area contributed by atoms with Crippen molar-refractivity contribution in [1.29, 1.82) is 0 Å². The zero-order valence-electron chi connectivity index (χ0n) is 12.1. The van der Waals surface area contributed by atoms with Crippen LogP contribution in [0.5, 0.6) is 0 Å². The van der Waals surface area contributed by atoms with Crippen molar-refractivity contribution in [2.45, 2.75) is 52.0 Å². The van der Waals surface area contributed by atoms with E-state index in [2.05, 4.69) is 16.5 Å². The number of fused-ring (bicyclic) bond motifs is 1. The first-order valence-corrected chi connectivity index (χ1v) is 8.17. The van der Waals surface area contributed by atoms with Gasteiger partial charge in [0.05, 0.1) is 0 Å². The lowest BCUT2D eigenvalue weighted by molar-refractivity contribution is 0.237. The minimum Gasteiger partial charge on any atom is -0.312 e. The lowest BCUT2D eigenvalue weighted by atomic mass is 9.83. The Morgan fingerprint density at radius 3 is 2.85 bits per heavy atom. The molecule has 3 rings (SSSR count). The monoisotopic (exact) mass is 291 g/mol. The van der Waals surface area contributed by atoms with E-state index in [1.54, 1.807) is 0 Å². The number of aromatic nitrogens is 3. The van der Waals surface area contributed by atoms with Crippen LogP contribution in [0.1, 0.15) is 44.9 Å². The quantitative estimate of drug-likeness (QED) is 0.774. The van der Waals surface area contributed by atoms with Crippen molar-refractivity contribution in [2.75, 3.05) is 5.88 Å². The van der Waals surface area contributed by atoms with Gasteiger partial charge in [-0.25, -0.2) is 9.97 Å². The van der Waals surface area contributed by atoms with Gasteiger partial charge in [-0.15, -0.1) is 11.6 Å². The topological polar surface area (TPSA) is 30.7 Å². The molecular weight excluding hydrogens is 270 g/mol. The summed E-state index contributed by atoms with van der Waals surface area (Å²) in [7, 11) is 0. The highest BCUT2D eigenvalue weighted by atomic mass is 35.5. The summed E-state index contributed by atoms with van der Waals surface area (Å²) in [5.41, 5.74) is 2.45. The Morgan fingerprint density at radius 2 is 2.15 bits per heavy atom. The Morgan fingerprint density at radius 1 is 1.35 bits per heavy atom. The molecule has 0 atom stereocenters. The van der Waals surface area contributed by atoms with Gasteiger partial charge < -0.3 is 4.57 Å². The van der Waals surface area contributed by atoms with E-state index in [9.17, 15) is 0 Å². The van der Waals surface area contributed by atoms with Gasteiger partial charge in [0, 0.05) is 25.0 Å². The van der Waals surface area contributed by atoms with Crippen LogP contribution in [0, 0.1) is 5.41 Å². The molecule has 0 N–H and O–H groups in total.